The van der Waals surface area contributed by atoms with Crippen molar-refractivity contribution < 1.29 is 14.3 Å². The number of pyridine rings is 1. The van der Waals surface area contributed by atoms with Gasteiger partial charge in [0, 0.05) is 47.3 Å². The molecular weight excluding hydrogens is 502 g/mol. The molecule has 7 nitrogen and oxygen atoms in total. The summed E-state index contributed by atoms with van der Waals surface area (Å²) in [6.07, 6.45) is 7.85. The fourth-order valence-electron chi connectivity index (χ4n) is 5.00. The van der Waals surface area contributed by atoms with E-state index < -0.39 is 0 Å². The van der Waals surface area contributed by atoms with E-state index in [1.807, 2.05) is 48.1 Å². The molecule has 1 atom stereocenters. The summed E-state index contributed by atoms with van der Waals surface area (Å²) in [6.45, 7) is 4.11. The van der Waals surface area contributed by atoms with Gasteiger partial charge in [0.05, 0.1) is 25.0 Å². The highest BCUT2D eigenvalue weighted by atomic mass is 35.5. The molecule has 0 bridgehead atoms. The average molecular weight is 534 g/mol. The molecule has 0 N–H and O–H groups in total. The first-order valence-electron chi connectivity index (χ1n) is 13.2. The fourth-order valence-corrected chi connectivity index (χ4v) is 5.17. The molecule has 0 amide bonds. The van der Waals surface area contributed by atoms with Gasteiger partial charge >= 0.3 is 0 Å². The molecule has 0 spiro atoms. The van der Waals surface area contributed by atoms with Crippen molar-refractivity contribution in [1.82, 2.24) is 14.3 Å². The van der Waals surface area contributed by atoms with Crippen LogP contribution in [0.25, 0.3) is 21.9 Å². The van der Waals surface area contributed by atoms with E-state index >= 15 is 0 Å². The number of Topliss-reactive ketones (excluding diaryl/α,β-unsaturated/α-hetero) is 1. The smallest absolute Gasteiger partial charge is 0.259 e. The van der Waals surface area contributed by atoms with Gasteiger partial charge < -0.3 is 9.47 Å². The lowest BCUT2D eigenvalue weighted by molar-refractivity contribution is -0.163. The first-order chi connectivity index (χ1) is 18.5. The molecule has 1 unspecified atom stereocenters. The number of ketones is 1. The minimum atomic E-state index is -0.221. The summed E-state index contributed by atoms with van der Waals surface area (Å²) in [4.78, 5) is 27.1. The molecule has 0 saturated carbocycles. The minimum Gasteiger partial charge on any atom is -0.353 e. The lowest BCUT2D eigenvalue weighted by atomic mass is 9.94. The van der Waals surface area contributed by atoms with Crippen molar-refractivity contribution in [2.75, 3.05) is 13.2 Å². The van der Waals surface area contributed by atoms with E-state index in [1.165, 1.54) is 0 Å². The van der Waals surface area contributed by atoms with Crippen LogP contribution in [0.1, 0.15) is 55.1 Å². The van der Waals surface area contributed by atoms with Crippen LogP contribution in [0.3, 0.4) is 0 Å². The minimum absolute atomic E-state index is 0.0973. The molecule has 0 radical (unpaired) electrons. The summed E-state index contributed by atoms with van der Waals surface area (Å²) < 4.78 is 14.9. The zero-order valence-corrected chi connectivity index (χ0v) is 22.3. The Morgan fingerprint density at radius 1 is 1.16 bits per heavy atom. The third-order valence-corrected chi connectivity index (χ3v) is 7.12. The molecule has 2 aromatic heterocycles. The number of aryl methyl sites for hydroxylation is 1. The summed E-state index contributed by atoms with van der Waals surface area (Å²) in [5.74, 6) is -0.0997. The molecule has 8 heteroatoms. The number of hydrogen-bond acceptors (Lipinski definition) is 5. The maximum absolute atomic E-state index is 13.7. The van der Waals surface area contributed by atoms with Crippen LogP contribution in [0.2, 0.25) is 5.02 Å². The van der Waals surface area contributed by atoms with Gasteiger partial charge in [-0.05, 0) is 54.8 Å². The van der Waals surface area contributed by atoms with Crippen LogP contribution in [0, 0.1) is 0 Å². The third kappa shape index (κ3) is 5.75. The van der Waals surface area contributed by atoms with Crippen molar-refractivity contribution in [3.8, 4) is 11.1 Å². The highest BCUT2D eigenvalue weighted by molar-refractivity contribution is 6.31. The zero-order chi connectivity index (χ0) is 26.5. The molecular formula is C30H32ClN3O4. The summed E-state index contributed by atoms with van der Waals surface area (Å²) >= 11 is 6.34. The van der Waals surface area contributed by atoms with Crippen LogP contribution < -0.4 is 5.56 Å². The monoisotopic (exact) mass is 533 g/mol. The Balaban J connectivity index is 1.46. The van der Waals surface area contributed by atoms with Crippen LogP contribution in [0.15, 0.2) is 65.7 Å². The molecule has 1 aliphatic rings. The average Bonchev–Trinajstić information content (AvgIpc) is 3.40. The normalized spacial score (nSPS) is 15.7. The Kier molecular flexibility index (Phi) is 8.37. The van der Waals surface area contributed by atoms with Crippen molar-refractivity contribution >= 4 is 28.2 Å². The van der Waals surface area contributed by atoms with Gasteiger partial charge in [0.15, 0.2) is 12.1 Å². The van der Waals surface area contributed by atoms with E-state index in [2.05, 4.69) is 5.10 Å². The van der Waals surface area contributed by atoms with Gasteiger partial charge in [-0.1, -0.05) is 48.9 Å². The largest absolute Gasteiger partial charge is 0.353 e. The number of aromatic nitrogens is 3. The standard InChI is InChI=1S/C30H32ClN3O4/c1-2-26(35)29-28(22-9-4-3-5-10-22)25-17-23(31)12-13-24(25)30(36)34(29)20-21-18-32-33(19-21)14-8-16-38-27-11-6-7-15-37-27/h3-5,9-10,12-13,17-19,27H,2,6-8,11,14-16,20H2,1H3. The highest BCUT2D eigenvalue weighted by Gasteiger charge is 2.23. The molecule has 1 saturated heterocycles. The zero-order valence-electron chi connectivity index (χ0n) is 21.6. The molecule has 5 rings (SSSR count). The van der Waals surface area contributed by atoms with Gasteiger partial charge in [-0.25, -0.2) is 0 Å². The van der Waals surface area contributed by atoms with E-state index in [4.69, 9.17) is 21.1 Å². The Morgan fingerprint density at radius 3 is 2.76 bits per heavy atom. The predicted molar refractivity (Wildman–Crippen MR) is 149 cm³/mol. The summed E-state index contributed by atoms with van der Waals surface area (Å²) in [5, 5.41) is 6.21. The lowest BCUT2D eigenvalue weighted by Crippen LogP contribution is -2.28. The second-order valence-corrected chi connectivity index (χ2v) is 10.0. The second kappa shape index (κ2) is 12.1. The quantitative estimate of drug-likeness (QED) is 0.182. The predicted octanol–water partition coefficient (Wildman–Crippen LogP) is 6.09. The van der Waals surface area contributed by atoms with Crippen LogP contribution in [0.5, 0.6) is 0 Å². The number of fused-ring (bicyclic) bond motifs is 1. The van der Waals surface area contributed by atoms with Crippen molar-refractivity contribution in [2.24, 2.45) is 0 Å². The number of ether oxygens (including phenoxy) is 2. The maximum Gasteiger partial charge on any atom is 0.259 e. The van der Waals surface area contributed by atoms with Gasteiger partial charge in [-0.3, -0.25) is 18.8 Å². The van der Waals surface area contributed by atoms with Crippen LogP contribution in [-0.2, 0) is 22.6 Å². The Morgan fingerprint density at radius 2 is 2.00 bits per heavy atom. The Hall–Kier alpha value is -3.26. The van der Waals surface area contributed by atoms with Gasteiger partial charge in [0.1, 0.15) is 0 Å². The molecule has 3 heterocycles. The highest BCUT2D eigenvalue weighted by Crippen LogP contribution is 2.33. The SMILES string of the molecule is CCC(=O)c1c(-c2ccccc2)c2cc(Cl)ccc2c(=O)n1Cc1cnn(CCCOC2CCCCO2)c1. The second-order valence-electron chi connectivity index (χ2n) is 9.58. The Bertz CT molecular complexity index is 1470. The van der Waals surface area contributed by atoms with E-state index in [9.17, 15) is 9.59 Å². The van der Waals surface area contributed by atoms with E-state index in [0.717, 1.165) is 49.0 Å². The van der Waals surface area contributed by atoms with Crippen molar-refractivity contribution in [2.45, 2.75) is 58.4 Å². The number of nitrogens with zero attached hydrogens (tertiary/aromatic N) is 3. The molecule has 1 aliphatic heterocycles. The molecule has 4 aromatic rings. The number of carbonyl (C=O) groups is 1. The fraction of sp³-hybridized carbons (Fsp3) is 0.367. The van der Waals surface area contributed by atoms with E-state index in [0.29, 0.717) is 34.6 Å². The molecule has 0 aliphatic carbocycles. The first kappa shape index (κ1) is 26.4. The summed E-state index contributed by atoms with van der Waals surface area (Å²) in [6, 6.07) is 14.9. The maximum atomic E-state index is 13.7. The number of halogens is 1. The van der Waals surface area contributed by atoms with Gasteiger partial charge in [-0.15, -0.1) is 0 Å². The summed E-state index contributed by atoms with van der Waals surface area (Å²) in [7, 11) is 0. The van der Waals surface area contributed by atoms with Gasteiger partial charge in [0.25, 0.3) is 5.56 Å². The van der Waals surface area contributed by atoms with Crippen molar-refractivity contribution in [3.63, 3.8) is 0 Å². The van der Waals surface area contributed by atoms with E-state index in [1.54, 1.807) is 29.0 Å². The van der Waals surface area contributed by atoms with Crippen molar-refractivity contribution in [3.05, 3.63) is 87.6 Å². The number of rotatable bonds is 10. The third-order valence-electron chi connectivity index (χ3n) is 6.88. The molecule has 2 aromatic carbocycles. The van der Waals surface area contributed by atoms with Crippen LogP contribution in [0.4, 0.5) is 0 Å². The van der Waals surface area contributed by atoms with Crippen LogP contribution in [-0.4, -0.2) is 39.6 Å². The Labute approximate surface area is 226 Å². The molecule has 38 heavy (non-hydrogen) atoms. The van der Waals surface area contributed by atoms with Gasteiger partial charge in [-0.2, -0.15) is 5.10 Å². The van der Waals surface area contributed by atoms with Gasteiger partial charge in [0.2, 0.25) is 0 Å². The van der Waals surface area contributed by atoms with Crippen LogP contribution >= 0.6 is 11.6 Å². The molecule has 1 fully saturated rings. The topological polar surface area (TPSA) is 75.4 Å². The number of hydrogen-bond donors (Lipinski definition) is 0. The lowest BCUT2D eigenvalue weighted by Gasteiger charge is -2.22. The summed E-state index contributed by atoms with van der Waals surface area (Å²) in [5.41, 5.74) is 2.61. The van der Waals surface area contributed by atoms with Crippen molar-refractivity contribution in [1.29, 1.82) is 0 Å². The molecule has 198 valence electrons. The number of carbonyl (C=O) groups excluding carboxylic acids is 1. The number of benzene rings is 2. The van der Waals surface area contributed by atoms with E-state index in [-0.39, 0.29) is 30.6 Å². The first-order valence-corrected chi connectivity index (χ1v) is 13.6.